The third-order valence-electron chi connectivity index (χ3n) is 2.53. The summed E-state index contributed by atoms with van der Waals surface area (Å²) in [5, 5.41) is 10.9. The van der Waals surface area contributed by atoms with Crippen LogP contribution in [0, 0.1) is 17.0 Å². The maximum atomic E-state index is 10.9. The van der Waals surface area contributed by atoms with Crippen LogP contribution in [0.15, 0.2) is 41.1 Å². The molecule has 5 nitrogen and oxygen atoms in total. The molecule has 0 saturated heterocycles. The molecule has 98 valence electrons. The van der Waals surface area contributed by atoms with E-state index in [2.05, 4.69) is 20.9 Å². The minimum atomic E-state index is -0.443. The second-order valence-corrected chi connectivity index (χ2v) is 4.90. The van der Waals surface area contributed by atoms with Crippen LogP contribution in [0.2, 0.25) is 0 Å². The van der Waals surface area contributed by atoms with E-state index in [1.165, 1.54) is 6.07 Å². The lowest BCUT2D eigenvalue weighted by molar-refractivity contribution is -0.386. The van der Waals surface area contributed by atoms with Crippen LogP contribution >= 0.6 is 15.9 Å². The molecule has 2 rings (SSSR count). The van der Waals surface area contributed by atoms with Gasteiger partial charge in [0.1, 0.15) is 6.61 Å². The number of pyridine rings is 1. The van der Waals surface area contributed by atoms with Crippen molar-refractivity contribution in [3.05, 3.63) is 62.4 Å². The second-order valence-electron chi connectivity index (χ2n) is 3.98. The lowest BCUT2D eigenvalue weighted by atomic mass is 10.2. The van der Waals surface area contributed by atoms with Crippen LogP contribution in [0.1, 0.15) is 11.1 Å². The number of aryl methyl sites for hydroxylation is 1. The van der Waals surface area contributed by atoms with Crippen LogP contribution in [-0.2, 0) is 6.61 Å². The Labute approximate surface area is 118 Å². The number of para-hydroxylation sites is 1. The summed E-state index contributed by atoms with van der Waals surface area (Å²) in [6.45, 7) is 2.01. The Morgan fingerprint density at radius 3 is 2.89 bits per heavy atom. The van der Waals surface area contributed by atoms with Gasteiger partial charge in [0.25, 0.3) is 0 Å². The van der Waals surface area contributed by atoms with Crippen LogP contribution in [0.5, 0.6) is 5.75 Å². The molecular formula is C13H11BrN2O3. The molecule has 0 aliphatic rings. The van der Waals surface area contributed by atoms with E-state index in [0.29, 0.717) is 5.75 Å². The minimum absolute atomic E-state index is 0.0250. The molecule has 0 aliphatic heterocycles. The van der Waals surface area contributed by atoms with Crippen LogP contribution in [0.4, 0.5) is 5.69 Å². The molecule has 1 heterocycles. The summed E-state index contributed by atoms with van der Waals surface area (Å²) >= 11 is 3.31. The van der Waals surface area contributed by atoms with Gasteiger partial charge >= 0.3 is 5.69 Å². The number of nitro benzene ring substituents is 1. The van der Waals surface area contributed by atoms with Gasteiger partial charge in [0.15, 0.2) is 5.75 Å². The highest BCUT2D eigenvalue weighted by Crippen LogP contribution is 2.30. The monoisotopic (exact) mass is 322 g/mol. The van der Waals surface area contributed by atoms with Gasteiger partial charge in [0, 0.05) is 28.5 Å². The van der Waals surface area contributed by atoms with E-state index in [1.807, 2.05) is 6.07 Å². The number of nitro groups is 1. The quantitative estimate of drug-likeness (QED) is 0.636. The summed E-state index contributed by atoms with van der Waals surface area (Å²) in [7, 11) is 0. The van der Waals surface area contributed by atoms with Crippen LogP contribution in [0.25, 0.3) is 0 Å². The molecule has 0 radical (unpaired) electrons. The highest BCUT2D eigenvalue weighted by molar-refractivity contribution is 9.10. The number of ether oxygens (including phenoxy) is 1. The van der Waals surface area contributed by atoms with Crippen molar-refractivity contribution in [1.29, 1.82) is 0 Å². The van der Waals surface area contributed by atoms with Crippen LogP contribution in [-0.4, -0.2) is 9.91 Å². The Kier molecular flexibility index (Phi) is 4.11. The number of hydrogen-bond acceptors (Lipinski definition) is 4. The van der Waals surface area contributed by atoms with Crippen molar-refractivity contribution in [3.8, 4) is 5.75 Å². The van der Waals surface area contributed by atoms with Crippen molar-refractivity contribution in [2.45, 2.75) is 13.5 Å². The molecular weight excluding hydrogens is 312 g/mol. The molecule has 0 atom stereocenters. The van der Waals surface area contributed by atoms with Gasteiger partial charge in [-0.2, -0.15) is 0 Å². The summed E-state index contributed by atoms with van der Waals surface area (Å²) < 4.78 is 6.41. The first kappa shape index (κ1) is 13.5. The first-order valence-corrected chi connectivity index (χ1v) is 6.33. The highest BCUT2D eigenvalue weighted by atomic mass is 79.9. The van der Waals surface area contributed by atoms with Crippen molar-refractivity contribution in [2.24, 2.45) is 0 Å². The van der Waals surface area contributed by atoms with Crippen molar-refractivity contribution < 1.29 is 9.66 Å². The van der Waals surface area contributed by atoms with Gasteiger partial charge in [-0.05, 0) is 34.5 Å². The largest absolute Gasteiger partial charge is 0.482 e. The fraction of sp³-hybridized carbons (Fsp3) is 0.154. The number of hydrogen-bond donors (Lipinski definition) is 0. The number of nitrogens with zero attached hydrogens (tertiary/aromatic N) is 2. The summed E-state index contributed by atoms with van der Waals surface area (Å²) in [5.74, 6) is 0.299. The van der Waals surface area contributed by atoms with Crippen LogP contribution in [0.3, 0.4) is 0 Å². The van der Waals surface area contributed by atoms with E-state index in [4.69, 9.17) is 4.74 Å². The Morgan fingerprint density at radius 1 is 1.42 bits per heavy atom. The minimum Gasteiger partial charge on any atom is -0.482 e. The molecule has 0 saturated carbocycles. The van der Waals surface area contributed by atoms with Crippen molar-refractivity contribution in [3.63, 3.8) is 0 Å². The molecule has 6 heteroatoms. The lowest BCUT2D eigenvalue weighted by Crippen LogP contribution is -2.01. The molecule has 0 fully saturated rings. The van der Waals surface area contributed by atoms with Crippen LogP contribution < -0.4 is 4.74 Å². The third kappa shape index (κ3) is 3.29. The SMILES string of the molecule is Cc1cccc([N+](=O)[O-])c1OCc1cncc(Br)c1. The van der Waals surface area contributed by atoms with Gasteiger partial charge in [-0.1, -0.05) is 12.1 Å². The Hall–Kier alpha value is -1.95. The Morgan fingerprint density at radius 2 is 2.21 bits per heavy atom. The Balaban J connectivity index is 2.22. The van der Waals surface area contributed by atoms with Gasteiger partial charge in [0.05, 0.1) is 4.92 Å². The van der Waals surface area contributed by atoms with Crippen molar-refractivity contribution in [2.75, 3.05) is 0 Å². The number of rotatable bonds is 4. The average Bonchev–Trinajstić information content (AvgIpc) is 2.37. The fourth-order valence-corrected chi connectivity index (χ4v) is 2.07. The maximum Gasteiger partial charge on any atom is 0.311 e. The first-order valence-electron chi connectivity index (χ1n) is 5.54. The topological polar surface area (TPSA) is 65.3 Å². The zero-order chi connectivity index (χ0) is 13.8. The summed E-state index contributed by atoms with van der Waals surface area (Å²) in [4.78, 5) is 14.5. The standard InChI is InChI=1S/C13H11BrN2O3/c1-9-3-2-4-12(16(17)18)13(9)19-8-10-5-11(14)7-15-6-10/h2-7H,8H2,1H3. The predicted octanol–water partition coefficient (Wildman–Crippen LogP) is 3.64. The number of aromatic nitrogens is 1. The molecule has 0 N–H and O–H groups in total. The predicted molar refractivity (Wildman–Crippen MR) is 74.1 cm³/mol. The normalized spacial score (nSPS) is 10.2. The van der Waals surface area contributed by atoms with Gasteiger partial charge in [-0.25, -0.2) is 0 Å². The van der Waals surface area contributed by atoms with Gasteiger partial charge in [0.2, 0.25) is 0 Å². The summed E-state index contributed by atoms with van der Waals surface area (Å²) in [5.41, 5.74) is 1.55. The third-order valence-corrected chi connectivity index (χ3v) is 2.97. The van der Waals surface area contributed by atoms with E-state index in [9.17, 15) is 10.1 Å². The molecule has 19 heavy (non-hydrogen) atoms. The second kappa shape index (κ2) is 5.79. The molecule has 0 aliphatic carbocycles. The number of benzene rings is 1. The Bertz CT molecular complexity index is 617. The highest BCUT2D eigenvalue weighted by Gasteiger charge is 2.16. The average molecular weight is 323 g/mol. The fourth-order valence-electron chi connectivity index (χ4n) is 1.66. The van der Waals surface area contributed by atoms with E-state index in [-0.39, 0.29) is 12.3 Å². The van der Waals surface area contributed by atoms with Gasteiger partial charge in [-0.15, -0.1) is 0 Å². The molecule has 1 aromatic carbocycles. The lowest BCUT2D eigenvalue weighted by Gasteiger charge is -2.09. The molecule has 1 aromatic heterocycles. The molecule has 0 unspecified atom stereocenters. The number of halogens is 1. The van der Waals surface area contributed by atoms with E-state index >= 15 is 0 Å². The molecule has 0 bridgehead atoms. The van der Waals surface area contributed by atoms with E-state index in [0.717, 1.165) is 15.6 Å². The van der Waals surface area contributed by atoms with Crippen molar-refractivity contribution in [1.82, 2.24) is 4.98 Å². The van der Waals surface area contributed by atoms with E-state index < -0.39 is 4.92 Å². The first-order chi connectivity index (χ1) is 9.08. The molecule has 0 amide bonds. The summed E-state index contributed by atoms with van der Waals surface area (Å²) in [6, 6.07) is 6.71. The molecule has 2 aromatic rings. The smallest absolute Gasteiger partial charge is 0.311 e. The van der Waals surface area contributed by atoms with Gasteiger partial charge < -0.3 is 4.74 Å². The zero-order valence-corrected chi connectivity index (χ0v) is 11.8. The molecule has 0 spiro atoms. The summed E-state index contributed by atoms with van der Waals surface area (Å²) in [6.07, 6.45) is 3.33. The zero-order valence-electron chi connectivity index (χ0n) is 10.2. The van der Waals surface area contributed by atoms with Gasteiger partial charge in [-0.3, -0.25) is 15.1 Å². The van der Waals surface area contributed by atoms with Crippen molar-refractivity contribution >= 4 is 21.6 Å². The van der Waals surface area contributed by atoms with E-state index in [1.54, 1.807) is 31.5 Å². The maximum absolute atomic E-state index is 10.9.